The molecule has 0 amide bonds. The summed E-state index contributed by atoms with van der Waals surface area (Å²) in [5.41, 5.74) is 1.93. The third kappa shape index (κ3) is 2.94. The molecule has 0 radical (unpaired) electrons. The van der Waals surface area contributed by atoms with Crippen molar-refractivity contribution in [2.24, 2.45) is 0 Å². The van der Waals surface area contributed by atoms with E-state index in [-0.39, 0.29) is 12.0 Å². The summed E-state index contributed by atoms with van der Waals surface area (Å²) in [5.74, 6) is -5.32. The molecular weight excluding hydrogens is 314 g/mol. The van der Waals surface area contributed by atoms with Crippen LogP contribution in [-0.2, 0) is 9.53 Å². The average molecular weight is 330 g/mol. The SMILES string of the molecule is CCC(=O)OC1CC(F)(F)C(=O)c2ccc(-c3ccccc3)cc21. The van der Waals surface area contributed by atoms with Crippen LogP contribution in [0.15, 0.2) is 48.5 Å². The Morgan fingerprint density at radius 1 is 1.17 bits per heavy atom. The predicted molar refractivity (Wildman–Crippen MR) is 84.9 cm³/mol. The van der Waals surface area contributed by atoms with Gasteiger partial charge in [-0.2, -0.15) is 8.78 Å². The smallest absolute Gasteiger partial charge is 0.313 e. The van der Waals surface area contributed by atoms with Crippen LogP contribution in [0.2, 0.25) is 0 Å². The lowest BCUT2D eigenvalue weighted by Gasteiger charge is -2.30. The topological polar surface area (TPSA) is 43.4 Å². The van der Waals surface area contributed by atoms with Gasteiger partial charge in [0.05, 0.1) is 6.42 Å². The molecule has 0 saturated heterocycles. The van der Waals surface area contributed by atoms with Gasteiger partial charge in [-0.3, -0.25) is 9.59 Å². The second-order valence-corrected chi connectivity index (χ2v) is 5.74. The van der Waals surface area contributed by atoms with E-state index in [1.807, 2.05) is 30.3 Å². The molecule has 3 nitrogen and oxygen atoms in total. The van der Waals surface area contributed by atoms with E-state index in [1.54, 1.807) is 19.1 Å². The van der Waals surface area contributed by atoms with E-state index >= 15 is 0 Å². The second-order valence-electron chi connectivity index (χ2n) is 5.74. The van der Waals surface area contributed by atoms with E-state index in [0.29, 0.717) is 5.56 Å². The number of fused-ring (bicyclic) bond motifs is 1. The number of benzene rings is 2. The van der Waals surface area contributed by atoms with Gasteiger partial charge in [0, 0.05) is 17.5 Å². The van der Waals surface area contributed by atoms with Gasteiger partial charge >= 0.3 is 11.9 Å². The van der Waals surface area contributed by atoms with Crippen molar-refractivity contribution in [1.82, 2.24) is 0 Å². The molecule has 1 atom stereocenters. The van der Waals surface area contributed by atoms with E-state index < -0.39 is 30.2 Å². The lowest BCUT2D eigenvalue weighted by Crippen LogP contribution is -2.37. The maximum Gasteiger partial charge on any atom is 0.313 e. The summed E-state index contributed by atoms with van der Waals surface area (Å²) in [6.45, 7) is 1.59. The highest BCUT2D eigenvalue weighted by Crippen LogP contribution is 2.42. The monoisotopic (exact) mass is 330 g/mol. The molecule has 1 aliphatic carbocycles. The molecule has 1 aliphatic rings. The van der Waals surface area contributed by atoms with E-state index in [2.05, 4.69) is 0 Å². The summed E-state index contributed by atoms with van der Waals surface area (Å²) in [5, 5.41) is 0. The minimum absolute atomic E-state index is 0.0835. The maximum absolute atomic E-state index is 14.0. The highest BCUT2D eigenvalue weighted by molar-refractivity contribution is 6.04. The number of hydrogen-bond donors (Lipinski definition) is 0. The van der Waals surface area contributed by atoms with Crippen LogP contribution in [0.4, 0.5) is 8.78 Å². The third-order valence-electron chi connectivity index (χ3n) is 4.09. The molecule has 0 aromatic heterocycles. The van der Waals surface area contributed by atoms with Crippen molar-refractivity contribution in [1.29, 1.82) is 0 Å². The first-order valence-electron chi connectivity index (χ1n) is 7.74. The largest absolute Gasteiger partial charge is 0.457 e. The predicted octanol–water partition coefficient (Wildman–Crippen LogP) is 4.57. The number of ether oxygens (including phenoxy) is 1. The number of esters is 1. The summed E-state index contributed by atoms with van der Waals surface area (Å²) in [7, 11) is 0. The quantitative estimate of drug-likeness (QED) is 0.774. The Morgan fingerprint density at radius 3 is 2.54 bits per heavy atom. The number of carbonyl (C=O) groups excluding carboxylic acids is 2. The third-order valence-corrected chi connectivity index (χ3v) is 4.09. The van der Waals surface area contributed by atoms with E-state index in [0.717, 1.165) is 11.1 Å². The molecule has 3 rings (SSSR count). The first kappa shape index (κ1) is 16.3. The van der Waals surface area contributed by atoms with E-state index in [9.17, 15) is 18.4 Å². The number of ketones is 1. The van der Waals surface area contributed by atoms with Gasteiger partial charge in [-0.25, -0.2) is 0 Å². The molecule has 0 N–H and O–H groups in total. The molecule has 0 aliphatic heterocycles. The highest BCUT2D eigenvalue weighted by atomic mass is 19.3. The minimum Gasteiger partial charge on any atom is -0.457 e. The van der Waals surface area contributed by atoms with Crippen LogP contribution in [0.1, 0.15) is 41.8 Å². The fraction of sp³-hybridized carbons (Fsp3) is 0.263. The Balaban J connectivity index is 2.08. The van der Waals surface area contributed by atoms with Gasteiger partial charge in [0.25, 0.3) is 0 Å². The molecule has 1 unspecified atom stereocenters. The van der Waals surface area contributed by atoms with Gasteiger partial charge in [0.2, 0.25) is 5.78 Å². The highest BCUT2D eigenvalue weighted by Gasteiger charge is 2.48. The summed E-state index contributed by atoms with van der Waals surface area (Å²) in [6.07, 6.45) is -1.85. The van der Waals surface area contributed by atoms with Gasteiger partial charge < -0.3 is 4.74 Å². The first-order chi connectivity index (χ1) is 11.4. The number of rotatable bonds is 3. The summed E-state index contributed by atoms with van der Waals surface area (Å²) >= 11 is 0. The molecule has 0 heterocycles. The minimum atomic E-state index is -3.53. The van der Waals surface area contributed by atoms with Gasteiger partial charge in [-0.15, -0.1) is 0 Å². The molecule has 0 saturated carbocycles. The number of carbonyl (C=O) groups is 2. The Morgan fingerprint density at radius 2 is 1.88 bits per heavy atom. The van der Waals surface area contributed by atoms with Crippen molar-refractivity contribution >= 4 is 11.8 Å². The Hall–Kier alpha value is -2.56. The van der Waals surface area contributed by atoms with Crippen molar-refractivity contribution in [3.05, 3.63) is 59.7 Å². The van der Waals surface area contributed by atoms with Crippen molar-refractivity contribution in [2.45, 2.75) is 31.8 Å². The standard InChI is InChI=1S/C19H16F2O3/c1-2-17(22)24-16-11-19(20,21)18(23)14-9-8-13(10-15(14)16)12-6-4-3-5-7-12/h3-10,16H,2,11H2,1H3. The lowest BCUT2D eigenvalue weighted by atomic mass is 9.84. The molecule has 0 spiro atoms. The van der Waals surface area contributed by atoms with Crippen molar-refractivity contribution in [3.63, 3.8) is 0 Å². The van der Waals surface area contributed by atoms with Crippen LogP contribution in [-0.4, -0.2) is 17.7 Å². The molecule has 0 bridgehead atoms. The average Bonchev–Trinajstić information content (AvgIpc) is 2.59. The zero-order chi connectivity index (χ0) is 17.3. The first-order valence-corrected chi connectivity index (χ1v) is 7.74. The van der Waals surface area contributed by atoms with Crippen LogP contribution >= 0.6 is 0 Å². The summed E-state index contributed by atoms with van der Waals surface area (Å²) < 4.78 is 33.1. The molecule has 2 aromatic rings. The zero-order valence-electron chi connectivity index (χ0n) is 13.1. The van der Waals surface area contributed by atoms with Crippen LogP contribution in [0, 0.1) is 0 Å². The Bertz CT molecular complexity index is 784. The van der Waals surface area contributed by atoms with Gasteiger partial charge in [0.1, 0.15) is 6.10 Å². The molecule has 0 fully saturated rings. The van der Waals surface area contributed by atoms with Crippen LogP contribution in [0.5, 0.6) is 0 Å². The number of hydrogen-bond acceptors (Lipinski definition) is 3. The number of Topliss-reactive ketones (excluding diaryl/α,β-unsaturated/α-hetero) is 1. The fourth-order valence-electron chi connectivity index (χ4n) is 2.83. The molecule has 24 heavy (non-hydrogen) atoms. The maximum atomic E-state index is 14.0. The van der Waals surface area contributed by atoms with Crippen molar-refractivity contribution < 1.29 is 23.1 Å². The lowest BCUT2D eigenvalue weighted by molar-refractivity contribution is -0.153. The summed E-state index contributed by atoms with van der Waals surface area (Å²) in [6, 6.07) is 14.0. The van der Waals surface area contributed by atoms with Crippen molar-refractivity contribution in [3.8, 4) is 11.1 Å². The second kappa shape index (κ2) is 6.15. The molecule has 5 heteroatoms. The van der Waals surface area contributed by atoms with Crippen molar-refractivity contribution in [2.75, 3.05) is 0 Å². The zero-order valence-corrected chi connectivity index (χ0v) is 13.1. The molecule has 2 aromatic carbocycles. The van der Waals surface area contributed by atoms with E-state index in [4.69, 9.17) is 4.74 Å². The van der Waals surface area contributed by atoms with Crippen LogP contribution in [0.25, 0.3) is 11.1 Å². The fourth-order valence-corrected chi connectivity index (χ4v) is 2.83. The molecular formula is C19H16F2O3. The number of alkyl halides is 2. The number of halogens is 2. The van der Waals surface area contributed by atoms with Gasteiger partial charge in [0.15, 0.2) is 0 Å². The Kier molecular flexibility index (Phi) is 4.18. The van der Waals surface area contributed by atoms with Gasteiger partial charge in [-0.05, 0) is 17.2 Å². The normalized spacial score (nSPS) is 18.8. The summed E-state index contributed by atoms with van der Waals surface area (Å²) in [4.78, 5) is 23.6. The molecule has 124 valence electrons. The van der Waals surface area contributed by atoms with E-state index in [1.165, 1.54) is 6.07 Å². The Labute approximate surface area is 138 Å². The van der Waals surface area contributed by atoms with Crippen LogP contribution in [0.3, 0.4) is 0 Å². The van der Waals surface area contributed by atoms with Crippen LogP contribution < -0.4 is 0 Å². The van der Waals surface area contributed by atoms with Gasteiger partial charge in [-0.1, -0.05) is 49.4 Å².